The van der Waals surface area contributed by atoms with Crippen LogP contribution in [0, 0.1) is 11.3 Å². The number of carbonyl (C=O) groups is 1. The number of nitrogens with zero attached hydrogens (tertiary/aromatic N) is 2. The van der Waals surface area contributed by atoms with Crippen molar-refractivity contribution >= 4 is 5.91 Å². The largest absolute Gasteiger partial charge is 0.352 e. The number of likely N-dealkylation sites (tertiary alicyclic amines) is 1. The SMILES string of the molecule is CC(CC#N)NC(=O)CN1CCC(N)CC1. The molecular weight excluding hydrogens is 204 g/mol. The number of nitrogens with two attached hydrogens (primary N) is 1. The highest BCUT2D eigenvalue weighted by molar-refractivity contribution is 5.78. The first kappa shape index (κ1) is 12.9. The second-order valence-corrected chi connectivity index (χ2v) is 4.44. The van der Waals surface area contributed by atoms with Gasteiger partial charge in [0.15, 0.2) is 0 Å². The van der Waals surface area contributed by atoms with Gasteiger partial charge in [-0.1, -0.05) is 0 Å². The Kier molecular flexibility index (Phi) is 5.23. The van der Waals surface area contributed by atoms with Crippen LogP contribution >= 0.6 is 0 Å². The molecule has 1 amide bonds. The molecule has 1 rings (SSSR count). The molecule has 1 aliphatic heterocycles. The molecule has 0 radical (unpaired) electrons. The second kappa shape index (κ2) is 6.46. The van der Waals surface area contributed by atoms with Crippen LogP contribution in [0.25, 0.3) is 0 Å². The lowest BCUT2D eigenvalue weighted by molar-refractivity contribution is -0.123. The number of hydrogen-bond acceptors (Lipinski definition) is 4. The molecule has 1 unspecified atom stereocenters. The molecule has 0 aromatic carbocycles. The summed E-state index contributed by atoms with van der Waals surface area (Å²) in [5, 5.41) is 11.3. The van der Waals surface area contributed by atoms with Crippen LogP contribution < -0.4 is 11.1 Å². The lowest BCUT2D eigenvalue weighted by atomic mass is 10.1. The Balaban J connectivity index is 2.21. The molecule has 16 heavy (non-hydrogen) atoms. The highest BCUT2D eigenvalue weighted by Crippen LogP contribution is 2.07. The standard InChI is InChI=1S/C11H20N4O/c1-9(2-5-12)14-11(16)8-15-6-3-10(13)4-7-15/h9-10H,2-4,6-8,13H2,1H3,(H,14,16). The van der Waals surface area contributed by atoms with E-state index < -0.39 is 0 Å². The van der Waals surface area contributed by atoms with E-state index >= 15 is 0 Å². The quantitative estimate of drug-likeness (QED) is 0.694. The number of hydrogen-bond donors (Lipinski definition) is 2. The number of nitrogens with one attached hydrogen (secondary N) is 1. The Hall–Kier alpha value is -1.12. The smallest absolute Gasteiger partial charge is 0.234 e. The Morgan fingerprint density at radius 3 is 2.81 bits per heavy atom. The summed E-state index contributed by atoms with van der Waals surface area (Å²) in [7, 11) is 0. The molecule has 1 fully saturated rings. The summed E-state index contributed by atoms with van der Waals surface area (Å²) < 4.78 is 0. The van der Waals surface area contributed by atoms with Gasteiger partial charge in [0, 0.05) is 25.2 Å². The zero-order chi connectivity index (χ0) is 12.0. The van der Waals surface area contributed by atoms with Gasteiger partial charge in [-0.25, -0.2) is 0 Å². The van der Waals surface area contributed by atoms with E-state index in [0.717, 1.165) is 25.9 Å². The van der Waals surface area contributed by atoms with E-state index in [0.29, 0.717) is 13.0 Å². The molecule has 0 bridgehead atoms. The molecular formula is C11H20N4O. The predicted molar refractivity (Wildman–Crippen MR) is 61.5 cm³/mol. The summed E-state index contributed by atoms with van der Waals surface area (Å²) in [4.78, 5) is 13.7. The van der Waals surface area contributed by atoms with Crippen molar-refractivity contribution in [2.75, 3.05) is 19.6 Å². The zero-order valence-corrected chi connectivity index (χ0v) is 9.78. The van der Waals surface area contributed by atoms with E-state index in [1.54, 1.807) is 0 Å². The fourth-order valence-corrected chi connectivity index (χ4v) is 1.82. The highest BCUT2D eigenvalue weighted by Gasteiger charge is 2.18. The second-order valence-electron chi connectivity index (χ2n) is 4.44. The van der Waals surface area contributed by atoms with Crippen molar-refractivity contribution in [1.29, 1.82) is 5.26 Å². The van der Waals surface area contributed by atoms with E-state index in [4.69, 9.17) is 11.0 Å². The average Bonchev–Trinajstić information content (AvgIpc) is 2.21. The van der Waals surface area contributed by atoms with Crippen LogP contribution in [0.4, 0.5) is 0 Å². The molecule has 1 aliphatic rings. The molecule has 0 aromatic rings. The van der Waals surface area contributed by atoms with Crippen molar-refractivity contribution in [1.82, 2.24) is 10.2 Å². The van der Waals surface area contributed by atoms with Gasteiger partial charge in [-0.2, -0.15) is 5.26 Å². The third-order valence-corrected chi connectivity index (χ3v) is 2.80. The predicted octanol–water partition coefficient (Wildman–Crippen LogP) is -0.172. The van der Waals surface area contributed by atoms with E-state index in [2.05, 4.69) is 10.2 Å². The van der Waals surface area contributed by atoms with Gasteiger partial charge < -0.3 is 11.1 Å². The summed E-state index contributed by atoms with van der Waals surface area (Å²) >= 11 is 0. The first-order valence-corrected chi connectivity index (χ1v) is 5.76. The van der Waals surface area contributed by atoms with Crippen LogP contribution in [-0.2, 0) is 4.79 Å². The minimum absolute atomic E-state index is 0.00165. The first-order valence-electron chi connectivity index (χ1n) is 5.76. The molecule has 5 nitrogen and oxygen atoms in total. The van der Waals surface area contributed by atoms with Crippen molar-refractivity contribution in [2.45, 2.75) is 38.3 Å². The van der Waals surface area contributed by atoms with Crippen molar-refractivity contribution in [3.8, 4) is 6.07 Å². The maximum absolute atomic E-state index is 11.6. The van der Waals surface area contributed by atoms with Crippen molar-refractivity contribution < 1.29 is 4.79 Å². The lowest BCUT2D eigenvalue weighted by Crippen LogP contribution is -2.46. The molecule has 0 aliphatic carbocycles. The van der Waals surface area contributed by atoms with Crippen LogP contribution in [0.2, 0.25) is 0 Å². The summed E-state index contributed by atoms with van der Waals surface area (Å²) in [5.74, 6) is -0.00165. The van der Waals surface area contributed by atoms with Crippen LogP contribution in [-0.4, -0.2) is 42.5 Å². The molecule has 0 spiro atoms. The summed E-state index contributed by atoms with van der Waals surface area (Å²) in [6.45, 7) is 4.04. The Bertz CT molecular complexity index is 266. The maximum Gasteiger partial charge on any atom is 0.234 e. The minimum atomic E-state index is -0.0652. The maximum atomic E-state index is 11.6. The third-order valence-electron chi connectivity index (χ3n) is 2.80. The number of amides is 1. The summed E-state index contributed by atoms with van der Waals surface area (Å²) in [6.07, 6.45) is 2.28. The van der Waals surface area contributed by atoms with E-state index in [1.807, 2.05) is 13.0 Å². The van der Waals surface area contributed by atoms with E-state index in [-0.39, 0.29) is 18.0 Å². The van der Waals surface area contributed by atoms with Gasteiger partial charge in [0.25, 0.3) is 0 Å². The van der Waals surface area contributed by atoms with Crippen LogP contribution in [0.5, 0.6) is 0 Å². The monoisotopic (exact) mass is 224 g/mol. The highest BCUT2D eigenvalue weighted by atomic mass is 16.2. The van der Waals surface area contributed by atoms with Gasteiger partial charge in [0.2, 0.25) is 5.91 Å². The fourth-order valence-electron chi connectivity index (χ4n) is 1.82. The first-order chi connectivity index (χ1) is 7.61. The van der Waals surface area contributed by atoms with Gasteiger partial charge in [0.05, 0.1) is 19.0 Å². The van der Waals surface area contributed by atoms with Gasteiger partial charge in [-0.05, 0) is 19.8 Å². The normalized spacial score (nSPS) is 20.1. The van der Waals surface area contributed by atoms with Crippen molar-refractivity contribution in [3.63, 3.8) is 0 Å². The number of carbonyl (C=O) groups excluding carboxylic acids is 1. The van der Waals surface area contributed by atoms with Gasteiger partial charge in [-0.15, -0.1) is 0 Å². The molecule has 1 atom stereocenters. The summed E-state index contributed by atoms with van der Waals surface area (Å²) in [5.41, 5.74) is 5.78. The molecule has 3 N–H and O–H groups in total. The average molecular weight is 224 g/mol. The third kappa shape index (κ3) is 4.60. The molecule has 0 saturated carbocycles. The molecule has 0 aromatic heterocycles. The molecule has 1 heterocycles. The van der Waals surface area contributed by atoms with Gasteiger partial charge in [0.1, 0.15) is 0 Å². The van der Waals surface area contributed by atoms with Gasteiger partial charge >= 0.3 is 0 Å². The van der Waals surface area contributed by atoms with Crippen molar-refractivity contribution in [3.05, 3.63) is 0 Å². The Morgan fingerprint density at radius 1 is 1.62 bits per heavy atom. The Labute approximate surface area is 96.6 Å². The fraction of sp³-hybridized carbons (Fsp3) is 0.818. The van der Waals surface area contributed by atoms with Gasteiger partial charge in [-0.3, -0.25) is 9.69 Å². The van der Waals surface area contributed by atoms with Crippen LogP contribution in [0.3, 0.4) is 0 Å². The summed E-state index contributed by atoms with van der Waals surface area (Å²) in [6, 6.07) is 2.26. The minimum Gasteiger partial charge on any atom is -0.352 e. The molecule has 90 valence electrons. The number of nitriles is 1. The lowest BCUT2D eigenvalue weighted by Gasteiger charge is -2.29. The molecule has 5 heteroatoms. The Morgan fingerprint density at radius 2 is 2.25 bits per heavy atom. The van der Waals surface area contributed by atoms with E-state index in [9.17, 15) is 4.79 Å². The van der Waals surface area contributed by atoms with Crippen LogP contribution in [0.1, 0.15) is 26.2 Å². The van der Waals surface area contributed by atoms with Crippen LogP contribution in [0.15, 0.2) is 0 Å². The van der Waals surface area contributed by atoms with E-state index in [1.165, 1.54) is 0 Å². The zero-order valence-electron chi connectivity index (χ0n) is 9.78. The van der Waals surface area contributed by atoms with Crippen molar-refractivity contribution in [2.24, 2.45) is 5.73 Å². The number of rotatable bonds is 4. The molecule has 1 saturated heterocycles. The topological polar surface area (TPSA) is 82.2 Å². The number of piperidine rings is 1.